The van der Waals surface area contributed by atoms with Crippen LogP contribution in [0.1, 0.15) is 31.2 Å². The molecule has 1 atom stereocenters. The maximum Gasteiger partial charge on any atom is 0.237 e. The first-order valence-electron chi connectivity index (χ1n) is 9.04. The Morgan fingerprint density at radius 2 is 2.04 bits per heavy atom. The van der Waals surface area contributed by atoms with Gasteiger partial charge in [-0.1, -0.05) is 24.6 Å². The van der Waals surface area contributed by atoms with E-state index in [1.54, 1.807) is 0 Å². The van der Waals surface area contributed by atoms with E-state index in [9.17, 15) is 4.79 Å². The number of likely N-dealkylation sites (tertiary alicyclic amines) is 1. The highest BCUT2D eigenvalue weighted by Gasteiger charge is 2.16. The Balaban J connectivity index is 1.41. The molecule has 0 radical (unpaired) electrons. The summed E-state index contributed by atoms with van der Waals surface area (Å²) in [6.45, 7) is 4.18. The molecule has 1 amide bonds. The van der Waals surface area contributed by atoms with Crippen molar-refractivity contribution in [2.24, 2.45) is 5.73 Å². The highest BCUT2D eigenvalue weighted by atomic mass is 16.2. The van der Waals surface area contributed by atoms with E-state index in [2.05, 4.69) is 21.3 Å². The highest BCUT2D eigenvalue weighted by molar-refractivity contribution is 5.86. The number of hydrogen-bond donors (Lipinski definition) is 3. The Kier molecular flexibility index (Phi) is 5.88. The number of nitrogens with two attached hydrogens (primary N) is 1. The fourth-order valence-corrected chi connectivity index (χ4v) is 3.46. The number of nitrogens with one attached hydrogen (secondary N) is 2. The number of piperidine rings is 1. The van der Waals surface area contributed by atoms with Crippen molar-refractivity contribution in [1.82, 2.24) is 15.2 Å². The van der Waals surface area contributed by atoms with Gasteiger partial charge in [0.05, 0.1) is 6.04 Å². The van der Waals surface area contributed by atoms with Crippen molar-refractivity contribution >= 4 is 16.8 Å². The van der Waals surface area contributed by atoms with E-state index < -0.39 is 6.04 Å². The van der Waals surface area contributed by atoms with Crippen molar-refractivity contribution in [2.75, 3.05) is 26.2 Å². The first-order valence-corrected chi connectivity index (χ1v) is 9.04. The molecule has 5 nitrogen and oxygen atoms in total. The molecule has 1 aliphatic heterocycles. The molecule has 5 heteroatoms. The van der Waals surface area contributed by atoms with Gasteiger partial charge in [0.1, 0.15) is 0 Å². The van der Waals surface area contributed by atoms with Gasteiger partial charge in [0.2, 0.25) is 5.91 Å². The second-order valence-corrected chi connectivity index (χ2v) is 6.72. The summed E-state index contributed by atoms with van der Waals surface area (Å²) in [5.41, 5.74) is 8.27. The number of carbonyl (C=O) groups excluding carboxylic acids is 1. The van der Waals surface area contributed by atoms with Gasteiger partial charge in [0.15, 0.2) is 0 Å². The first-order chi connectivity index (χ1) is 11.7. The maximum absolute atomic E-state index is 12.2. The predicted octanol–water partition coefficient (Wildman–Crippen LogP) is 2.03. The number of aromatic nitrogens is 1. The zero-order valence-corrected chi connectivity index (χ0v) is 14.3. The highest BCUT2D eigenvalue weighted by Crippen LogP contribution is 2.18. The predicted molar refractivity (Wildman–Crippen MR) is 97.9 cm³/mol. The number of nitrogens with zero attached hydrogens (tertiary/aromatic N) is 1. The van der Waals surface area contributed by atoms with Gasteiger partial charge in [-0.2, -0.15) is 0 Å². The van der Waals surface area contributed by atoms with Crippen LogP contribution in [0.2, 0.25) is 0 Å². The van der Waals surface area contributed by atoms with Gasteiger partial charge in [0, 0.05) is 23.6 Å². The zero-order chi connectivity index (χ0) is 16.8. The van der Waals surface area contributed by atoms with Crippen molar-refractivity contribution in [3.8, 4) is 0 Å². The van der Waals surface area contributed by atoms with Gasteiger partial charge in [-0.25, -0.2) is 0 Å². The second-order valence-electron chi connectivity index (χ2n) is 6.72. The molecule has 130 valence electrons. The van der Waals surface area contributed by atoms with E-state index in [1.807, 2.05) is 24.4 Å². The van der Waals surface area contributed by atoms with Crippen LogP contribution in [0, 0.1) is 0 Å². The van der Waals surface area contributed by atoms with Gasteiger partial charge in [-0.3, -0.25) is 4.79 Å². The second kappa shape index (κ2) is 8.31. The molecule has 3 rings (SSSR count). The number of para-hydroxylation sites is 1. The fourth-order valence-electron chi connectivity index (χ4n) is 3.46. The van der Waals surface area contributed by atoms with Gasteiger partial charge >= 0.3 is 0 Å². The van der Waals surface area contributed by atoms with Crippen LogP contribution in [0.3, 0.4) is 0 Å². The lowest BCUT2D eigenvalue weighted by Gasteiger charge is -2.26. The van der Waals surface area contributed by atoms with Crippen LogP contribution in [0.4, 0.5) is 0 Å². The summed E-state index contributed by atoms with van der Waals surface area (Å²) in [5.74, 6) is -0.0566. The molecule has 1 aromatic heterocycles. The molecule has 0 bridgehead atoms. The molecule has 4 N–H and O–H groups in total. The Bertz CT molecular complexity index is 660. The van der Waals surface area contributed by atoms with E-state index in [1.165, 1.54) is 32.4 Å². The summed E-state index contributed by atoms with van der Waals surface area (Å²) in [4.78, 5) is 17.9. The van der Waals surface area contributed by atoms with Crippen molar-refractivity contribution in [3.05, 3.63) is 36.0 Å². The molecule has 1 fully saturated rings. The summed E-state index contributed by atoms with van der Waals surface area (Å²) in [6, 6.07) is 7.60. The Morgan fingerprint density at radius 3 is 2.88 bits per heavy atom. The summed E-state index contributed by atoms with van der Waals surface area (Å²) in [6.07, 6.45) is 7.47. The number of H-pyrrole nitrogens is 1. The van der Waals surface area contributed by atoms with E-state index >= 15 is 0 Å². The average Bonchev–Trinajstić information content (AvgIpc) is 3.02. The molecule has 0 saturated carbocycles. The molecule has 0 spiro atoms. The standard InChI is InChI=1S/C19H28N4O/c20-17(13-15-14-22-18-8-3-2-7-16(15)18)19(24)21-9-6-12-23-10-4-1-5-11-23/h2-3,7-8,14,17,22H,1,4-6,9-13,20H2,(H,21,24). The maximum atomic E-state index is 12.2. The third-order valence-electron chi connectivity index (χ3n) is 4.85. The van der Waals surface area contributed by atoms with Crippen molar-refractivity contribution in [2.45, 2.75) is 38.1 Å². The molecule has 2 aromatic rings. The number of benzene rings is 1. The largest absolute Gasteiger partial charge is 0.361 e. The molecular formula is C19H28N4O. The van der Waals surface area contributed by atoms with Gasteiger partial charge in [-0.15, -0.1) is 0 Å². The number of amides is 1. The molecular weight excluding hydrogens is 300 g/mol. The SMILES string of the molecule is NC(Cc1c[nH]c2ccccc12)C(=O)NCCCN1CCCCC1. The van der Waals surface area contributed by atoms with Crippen LogP contribution in [-0.2, 0) is 11.2 Å². The van der Waals surface area contributed by atoms with Crippen LogP contribution in [0.25, 0.3) is 10.9 Å². The number of fused-ring (bicyclic) bond motifs is 1. The molecule has 24 heavy (non-hydrogen) atoms. The van der Waals surface area contributed by atoms with Crippen molar-refractivity contribution in [1.29, 1.82) is 0 Å². The molecule has 1 unspecified atom stereocenters. The summed E-state index contributed by atoms with van der Waals surface area (Å²) in [5, 5.41) is 4.13. The lowest BCUT2D eigenvalue weighted by molar-refractivity contribution is -0.122. The number of carbonyl (C=O) groups is 1. The zero-order valence-electron chi connectivity index (χ0n) is 14.3. The van der Waals surface area contributed by atoms with E-state index in [0.717, 1.165) is 29.4 Å². The van der Waals surface area contributed by atoms with Crippen LogP contribution in [0.5, 0.6) is 0 Å². The number of hydrogen-bond acceptors (Lipinski definition) is 3. The van der Waals surface area contributed by atoms with Crippen LogP contribution < -0.4 is 11.1 Å². The average molecular weight is 328 g/mol. The van der Waals surface area contributed by atoms with E-state index in [0.29, 0.717) is 13.0 Å². The third kappa shape index (κ3) is 4.36. The molecule has 0 aliphatic carbocycles. The van der Waals surface area contributed by atoms with E-state index in [-0.39, 0.29) is 5.91 Å². The minimum Gasteiger partial charge on any atom is -0.361 e. The fraction of sp³-hybridized carbons (Fsp3) is 0.526. The lowest BCUT2D eigenvalue weighted by Crippen LogP contribution is -2.43. The Morgan fingerprint density at radius 1 is 1.25 bits per heavy atom. The Hall–Kier alpha value is -1.85. The number of aromatic amines is 1. The lowest BCUT2D eigenvalue weighted by atomic mass is 10.1. The summed E-state index contributed by atoms with van der Waals surface area (Å²) in [7, 11) is 0. The van der Waals surface area contributed by atoms with Gasteiger partial charge in [-0.05, 0) is 56.9 Å². The van der Waals surface area contributed by atoms with Crippen LogP contribution in [-0.4, -0.2) is 48.0 Å². The van der Waals surface area contributed by atoms with Crippen molar-refractivity contribution in [3.63, 3.8) is 0 Å². The smallest absolute Gasteiger partial charge is 0.237 e. The summed E-state index contributed by atoms with van der Waals surface area (Å²) < 4.78 is 0. The van der Waals surface area contributed by atoms with Gasteiger partial charge < -0.3 is 20.9 Å². The quantitative estimate of drug-likeness (QED) is 0.681. The monoisotopic (exact) mass is 328 g/mol. The molecule has 1 aromatic carbocycles. The topological polar surface area (TPSA) is 74.1 Å². The van der Waals surface area contributed by atoms with E-state index in [4.69, 9.17) is 5.73 Å². The Labute approximate surface area is 143 Å². The minimum absolute atomic E-state index is 0.0566. The molecule has 1 aliphatic rings. The van der Waals surface area contributed by atoms with Crippen molar-refractivity contribution < 1.29 is 4.79 Å². The molecule has 2 heterocycles. The molecule has 1 saturated heterocycles. The first kappa shape index (κ1) is 17.0. The third-order valence-corrected chi connectivity index (χ3v) is 4.85. The number of rotatable bonds is 7. The van der Waals surface area contributed by atoms with Crippen LogP contribution >= 0.6 is 0 Å². The minimum atomic E-state index is -0.501. The van der Waals surface area contributed by atoms with Gasteiger partial charge in [0.25, 0.3) is 0 Å². The normalized spacial score (nSPS) is 17.0. The van der Waals surface area contributed by atoms with Crippen LogP contribution in [0.15, 0.2) is 30.5 Å². The summed E-state index contributed by atoms with van der Waals surface area (Å²) >= 11 is 0.